The first-order chi connectivity index (χ1) is 10.0. The summed E-state index contributed by atoms with van der Waals surface area (Å²) in [6, 6.07) is 9.63. The van der Waals surface area contributed by atoms with E-state index in [9.17, 15) is 5.11 Å². The minimum atomic E-state index is -0.0915. The normalized spacial score (nSPS) is 14.4. The molecule has 3 rings (SSSR count). The third-order valence-corrected chi connectivity index (χ3v) is 4.19. The highest BCUT2D eigenvalue weighted by Crippen LogP contribution is 2.36. The fraction of sp³-hybridized carbons (Fsp3) is 0.250. The van der Waals surface area contributed by atoms with E-state index in [-0.39, 0.29) is 21.8 Å². The van der Waals surface area contributed by atoms with Gasteiger partial charge in [0.15, 0.2) is 5.75 Å². The smallest absolute Gasteiger partial charge is 0.152 e. The van der Waals surface area contributed by atoms with Gasteiger partial charge in [0.25, 0.3) is 0 Å². The molecule has 2 aromatic rings. The van der Waals surface area contributed by atoms with Gasteiger partial charge in [-0.3, -0.25) is 0 Å². The molecule has 110 valence electrons. The lowest BCUT2D eigenvalue weighted by Gasteiger charge is -2.17. The Balaban J connectivity index is 1.81. The summed E-state index contributed by atoms with van der Waals surface area (Å²) in [6.45, 7) is 2.82. The first-order valence-corrected chi connectivity index (χ1v) is 7.50. The van der Waals surface area contributed by atoms with Crippen molar-refractivity contribution >= 4 is 28.9 Å². The quantitative estimate of drug-likeness (QED) is 0.796. The van der Waals surface area contributed by atoms with Gasteiger partial charge in [0.05, 0.1) is 16.7 Å². The van der Waals surface area contributed by atoms with E-state index in [0.29, 0.717) is 0 Å². The number of halogens is 2. The van der Waals surface area contributed by atoms with E-state index >= 15 is 0 Å². The number of rotatable bonds is 3. The Morgan fingerprint density at radius 3 is 2.62 bits per heavy atom. The van der Waals surface area contributed by atoms with Gasteiger partial charge in [0.2, 0.25) is 0 Å². The van der Waals surface area contributed by atoms with Crippen LogP contribution in [0.3, 0.4) is 0 Å². The van der Waals surface area contributed by atoms with Crippen molar-refractivity contribution in [3.8, 4) is 11.5 Å². The van der Waals surface area contributed by atoms with Crippen LogP contribution in [0.1, 0.15) is 24.1 Å². The molecule has 1 atom stereocenters. The summed E-state index contributed by atoms with van der Waals surface area (Å²) in [5.41, 5.74) is 3.18. The van der Waals surface area contributed by atoms with Crippen molar-refractivity contribution in [2.45, 2.75) is 19.4 Å². The van der Waals surface area contributed by atoms with Crippen LogP contribution < -0.4 is 10.1 Å². The van der Waals surface area contributed by atoms with E-state index < -0.39 is 0 Å². The summed E-state index contributed by atoms with van der Waals surface area (Å²) in [7, 11) is 0. The van der Waals surface area contributed by atoms with Crippen LogP contribution >= 0.6 is 23.2 Å². The van der Waals surface area contributed by atoms with Gasteiger partial charge in [-0.2, -0.15) is 0 Å². The van der Waals surface area contributed by atoms with Crippen molar-refractivity contribution in [2.75, 3.05) is 11.9 Å². The van der Waals surface area contributed by atoms with E-state index in [1.165, 1.54) is 11.1 Å². The molecule has 0 aromatic heterocycles. The Morgan fingerprint density at radius 1 is 1.19 bits per heavy atom. The topological polar surface area (TPSA) is 41.5 Å². The van der Waals surface area contributed by atoms with E-state index in [1.54, 1.807) is 12.1 Å². The molecule has 21 heavy (non-hydrogen) atoms. The fourth-order valence-corrected chi connectivity index (χ4v) is 2.95. The van der Waals surface area contributed by atoms with Gasteiger partial charge in [-0.15, -0.1) is 0 Å². The molecular weight excluding hydrogens is 309 g/mol. The molecule has 1 aliphatic heterocycles. The van der Waals surface area contributed by atoms with Gasteiger partial charge >= 0.3 is 0 Å². The minimum Gasteiger partial charge on any atom is -0.505 e. The number of phenolic OH excluding ortho intramolecular Hbond substituents is 1. The SMILES string of the molecule is CC(Nc1cc(Cl)c(O)c(Cl)c1)c1ccc2c(c1)CCO2. The zero-order chi connectivity index (χ0) is 15.0. The van der Waals surface area contributed by atoms with Crippen LogP contribution in [0.5, 0.6) is 11.5 Å². The van der Waals surface area contributed by atoms with Gasteiger partial charge in [-0.05, 0) is 42.3 Å². The molecule has 5 heteroatoms. The standard InChI is InChI=1S/C16H15Cl2NO2/c1-9(10-2-3-15-11(6-10)4-5-21-15)19-12-7-13(17)16(20)14(18)8-12/h2-3,6-9,19-20H,4-5H2,1H3. The fourth-order valence-electron chi connectivity index (χ4n) is 2.46. The highest BCUT2D eigenvalue weighted by atomic mass is 35.5. The summed E-state index contributed by atoms with van der Waals surface area (Å²) in [5, 5.41) is 13.4. The van der Waals surface area contributed by atoms with Gasteiger partial charge in [-0.1, -0.05) is 29.3 Å². The predicted octanol–water partition coefficient (Wildman–Crippen LogP) is 4.81. The first kappa shape index (κ1) is 14.4. The molecule has 0 spiro atoms. The van der Waals surface area contributed by atoms with Crippen LogP contribution in [-0.4, -0.2) is 11.7 Å². The molecule has 1 heterocycles. The van der Waals surface area contributed by atoms with Gasteiger partial charge in [0, 0.05) is 18.2 Å². The summed E-state index contributed by atoms with van der Waals surface area (Å²) in [5.74, 6) is 0.882. The summed E-state index contributed by atoms with van der Waals surface area (Å²) in [6.07, 6.45) is 0.951. The van der Waals surface area contributed by atoms with Crippen molar-refractivity contribution < 1.29 is 9.84 Å². The Morgan fingerprint density at radius 2 is 1.90 bits per heavy atom. The lowest BCUT2D eigenvalue weighted by atomic mass is 10.0. The molecule has 0 bridgehead atoms. The number of anilines is 1. The molecule has 2 aromatic carbocycles. The van der Waals surface area contributed by atoms with Crippen LogP contribution in [0.2, 0.25) is 10.0 Å². The Hall–Kier alpha value is -1.58. The molecule has 0 saturated carbocycles. The Labute approximate surface area is 133 Å². The van der Waals surface area contributed by atoms with Crippen molar-refractivity contribution in [2.24, 2.45) is 0 Å². The minimum absolute atomic E-state index is 0.0903. The Kier molecular flexibility index (Phi) is 3.87. The number of ether oxygens (including phenoxy) is 1. The molecular formula is C16H15Cl2NO2. The highest BCUT2D eigenvalue weighted by Gasteiger charge is 2.15. The number of benzene rings is 2. The second-order valence-electron chi connectivity index (χ2n) is 5.12. The monoisotopic (exact) mass is 323 g/mol. The molecule has 1 unspecified atom stereocenters. The maximum absolute atomic E-state index is 9.58. The number of fused-ring (bicyclic) bond motifs is 1. The Bertz CT molecular complexity index is 665. The second-order valence-corrected chi connectivity index (χ2v) is 5.93. The van der Waals surface area contributed by atoms with Gasteiger partial charge in [-0.25, -0.2) is 0 Å². The molecule has 0 radical (unpaired) electrons. The van der Waals surface area contributed by atoms with E-state index in [4.69, 9.17) is 27.9 Å². The maximum atomic E-state index is 9.58. The zero-order valence-corrected chi connectivity index (χ0v) is 13.0. The number of hydrogen-bond donors (Lipinski definition) is 2. The average Bonchev–Trinajstić information content (AvgIpc) is 2.91. The second kappa shape index (κ2) is 5.66. The number of phenols is 1. The van der Waals surface area contributed by atoms with E-state index in [0.717, 1.165) is 24.5 Å². The van der Waals surface area contributed by atoms with Crippen LogP contribution in [0.25, 0.3) is 0 Å². The lowest BCUT2D eigenvalue weighted by Crippen LogP contribution is -2.06. The maximum Gasteiger partial charge on any atom is 0.152 e. The molecule has 0 fully saturated rings. The molecule has 0 aliphatic carbocycles. The van der Waals surface area contributed by atoms with Crippen molar-refractivity contribution in [3.05, 3.63) is 51.5 Å². The van der Waals surface area contributed by atoms with Crippen molar-refractivity contribution in [1.82, 2.24) is 0 Å². The molecule has 3 nitrogen and oxygen atoms in total. The molecule has 2 N–H and O–H groups in total. The van der Waals surface area contributed by atoms with E-state index in [1.807, 2.05) is 12.1 Å². The van der Waals surface area contributed by atoms with Crippen LogP contribution in [0.15, 0.2) is 30.3 Å². The molecule has 1 aliphatic rings. The summed E-state index contributed by atoms with van der Waals surface area (Å²) < 4.78 is 5.51. The summed E-state index contributed by atoms with van der Waals surface area (Å²) >= 11 is 11.9. The average molecular weight is 324 g/mol. The van der Waals surface area contributed by atoms with Gasteiger partial charge < -0.3 is 15.2 Å². The largest absolute Gasteiger partial charge is 0.505 e. The third-order valence-electron chi connectivity index (χ3n) is 3.61. The van der Waals surface area contributed by atoms with Gasteiger partial charge in [0.1, 0.15) is 5.75 Å². The number of hydrogen-bond acceptors (Lipinski definition) is 3. The summed E-state index contributed by atoms with van der Waals surface area (Å²) in [4.78, 5) is 0. The van der Waals surface area contributed by atoms with Crippen LogP contribution in [0, 0.1) is 0 Å². The molecule has 0 saturated heterocycles. The van der Waals surface area contributed by atoms with Crippen LogP contribution in [0.4, 0.5) is 5.69 Å². The van der Waals surface area contributed by atoms with Crippen molar-refractivity contribution in [1.29, 1.82) is 0 Å². The van der Waals surface area contributed by atoms with Crippen molar-refractivity contribution in [3.63, 3.8) is 0 Å². The predicted molar refractivity (Wildman–Crippen MR) is 85.8 cm³/mol. The third kappa shape index (κ3) is 2.89. The molecule has 0 amide bonds. The number of nitrogens with one attached hydrogen (secondary N) is 1. The lowest BCUT2D eigenvalue weighted by molar-refractivity contribution is 0.357. The zero-order valence-electron chi connectivity index (χ0n) is 11.5. The first-order valence-electron chi connectivity index (χ1n) is 6.75. The highest BCUT2D eigenvalue weighted by molar-refractivity contribution is 6.37. The van der Waals surface area contributed by atoms with E-state index in [2.05, 4.69) is 18.3 Å². The van der Waals surface area contributed by atoms with Crippen LogP contribution in [-0.2, 0) is 6.42 Å². The number of aromatic hydroxyl groups is 1.